The lowest BCUT2D eigenvalue weighted by atomic mass is 10.1. The number of carbonyl (C=O) groups is 2. The van der Waals surface area contributed by atoms with Gasteiger partial charge in [0.05, 0.1) is 16.8 Å². The standard InChI is InChI=1S/C17H21N3O2S.ClH/c1-2-8-18-9-10-19-17(22)14-5-3-4-6-15(14)20-16(21)13-7-11-23-12-13;/h3-7,11-12,18H,2,8-10H2,1H3,(H,19,22)(H,20,21);1H. The van der Waals surface area contributed by atoms with Gasteiger partial charge in [-0.05, 0) is 36.5 Å². The van der Waals surface area contributed by atoms with Crippen molar-refractivity contribution in [3.8, 4) is 0 Å². The molecule has 0 unspecified atom stereocenters. The molecule has 3 N–H and O–H groups in total. The maximum atomic E-state index is 12.3. The number of halogens is 1. The van der Waals surface area contributed by atoms with Crippen LogP contribution in [0, 0.1) is 0 Å². The van der Waals surface area contributed by atoms with E-state index in [4.69, 9.17) is 0 Å². The molecule has 1 heterocycles. The molecule has 0 aliphatic heterocycles. The van der Waals surface area contributed by atoms with Crippen LogP contribution in [0.2, 0.25) is 0 Å². The molecule has 0 atom stereocenters. The van der Waals surface area contributed by atoms with E-state index < -0.39 is 0 Å². The second-order valence-electron chi connectivity index (χ2n) is 5.02. The Morgan fingerprint density at radius 1 is 1.04 bits per heavy atom. The van der Waals surface area contributed by atoms with Crippen molar-refractivity contribution in [3.05, 3.63) is 52.2 Å². The summed E-state index contributed by atoms with van der Waals surface area (Å²) < 4.78 is 0. The number of benzene rings is 1. The Hall–Kier alpha value is -1.89. The minimum atomic E-state index is -0.212. The van der Waals surface area contributed by atoms with E-state index in [1.165, 1.54) is 11.3 Å². The van der Waals surface area contributed by atoms with E-state index in [-0.39, 0.29) is 24.2 Å². The first kappa shape index (κ1) is 20.2. The highest BCUT2D eigenvalue weighted by atomic mass is 35.5. The van der Waals surface area contributed by atoms with Gasteiger partial charge in [0.15, 0.2) is 0 Å². The van der Waals surface area contributed by atoms with Gasteiger partial charge in [0.1, 0.15) is 0 Å². The summed E-state index contributed by atoms with van der Waals surface area (Å²) in [6.45, 7) is 4.30. The Balaban J connectivity index is 0.00000288. The normalized spacial score (nSPS) is 9.88. The molecule has 0 aliphatic carbocycles. The first-order valence-electron chi connectivity index (χ1n) is 7.64. The van der Waals surface area contributed by atoms with E-state index >= 15 is 0 Å². The lowest BCUT2D eigenvalue weighted by Crippen LogP contribution is -2.32. The van der Waals surface area contributed by atoms with Crippen LogP contribution in [-0.4, -0.2) is 31.4 Å². The minimum absolute atomic E-state index is 0. The maximum Gasteiger partial charge on any atom is 0.256 e. The highest BCUT2D eigenvalue weighted by Gasteiger charge is 2.13. The largest absolute Gasteiger partial charge is 0.351 e. The van der Waals surface area contributed by atoms with Crippen LogP contribution in [0.1, 0.15) is 34.1 Å². The smallest absolute Gasteiger partial charge is 0.256 e. The second-order valence-corrected chi connectivity index (χ2v) is 5.80. The molecule has 1 aromatic carbocycles. The van der Waals surface area contributed by atoms with Crippen molar-refractivity contribution in [1.29, 1.82) is 0 Å². The Morgan fingerprint density at radius 3 is 2.54 bits per heavy atom. The maximum absolute atomic E-state index is 12.3. The molecule has 1 aromatic heterocycles. The monoisotopic (exact) mass is 367 g/mol. The number of rotatable bonds is 8. The molecule has 5 nitrogen and oxygen atoms in total. The van der Waals surface area contributed by atoms with Crippen molar-refractivity contribution < 1.29 is 9.59 Å². The summed E-state index contributed by atoms with van der Waals surface area (Å²) in [6.07, 6.45) is 1.06. The number of hydrogen-bond acceptors (Lipinski definition) is 4. The molecule has 0 radical (unpaired) electrons. The van der Waals surface area contributed by atoms with Gasteiger partial charge in [0.25, 0.3) is 11.8 Å². The first-order chi connectivity index (χ1) is 11.2. The summed E-state index contributed by atoms with van der Waals surface area (Å²) in [5, 5.41) is 12.5. The van der Waals surface area contributed by atoms with Crippen molar-refractivity contribution in [2.75, 3.05) is 25.0 Å². The number of hydrogen-bond donors (Lipinski definition) is 3. The van der Waals surface area contributed by atoms with Crippen molar-refractivity contribution in [2.45, 2.75) is 13.3 Å². The summed E-state index contributed by atoms with van der Waals surface area (Å²) in [4.78, 5) is 24.4. The predicted molar refractivity (Wildman–Crippen MR) is 101 cm³/mol. The minimum Gasteiger partial charge on any atom is -0.351 e. The van der Waals surface area contributed by atoms with Gasteiger partial charge in [-0.1, -0.05) is 19.1 Å². The van der Waals surface area contributed by atoms with Crippen molar-refractivity contribution in [1.82, 2.24) is 10.6 Å². The van der Waals surface area contributed by atoms with E-state index in [9.17, 15) is 9.59 Å². The molecule has 24 heavy (non-hydrogen) atoms. The summed E-state index contributed by atoms with van der Waals surface area (Å²) in [6, 6.07) is 8.77. The molecule has 2 aromatic rings. The number of carbonyl (C=O) groups excluding carboxylic acids is 2. The van der Waals surface area contributed by atoms with Crippen LogP contribution in [0.25, 0.3) is 0 Å². The molecular weight excluding hydrogens is 346 g/mol. The summed E-state index contributed by atoms with van der Waals surface area (Å²) in [5.41, 5.74) is 1.57. The Bertz CT molecular complexity index is 647. The molecular formula is C17H22ClN3O2S. The third-order valence-corrected chi connectivity index (χ3v) is 3.90. The van der Waals surface area contributed by atoms with E-state index in [2.05, 4.69) is 22.9 Å². The van der Waals surface area contributed by atoms with Crippen molar-refractivity contribution >= 4 is 41.2 Å². The topological polar surface area (TPSA) is 70.2 Å². The van der Waals surface area contributed by atoms with Gasteiger partial charge in [-0.15, -0.1) is 12.4 Å². The molecule has 0 saturated carbocycles. The fraction of sp³-hybridized carbons (Fsp3) is 0.294. The quantitative estimate of drug-likeness (QED) is 0.628. The van der Waals surface area contributed by atoms with Gasteiger partial charge in [-0.2, -0.15) is 11.3 Å². The zero-order chi connectivity index (χ0) is 16.5. The van der Waals surface area contributed by atoms with Crippen LogP contribution in [0.5, 0.6) is 0 Å². The van der Waals surface area contributed by atoms with Gasteiger partial charge in [-0.3, -0.25) is 9.59 Å². The Kier molecular flexibility index (Phi) is 9.07. The number of nitrogens with one attached hydrogen (secondary N) is 3. The van der Waals surface area contributed by atoms with Crippen LogP contribution in [0.3, 0.4) is 0 Å². The first-order valence-corrected chi connectivity index (χ1v) is 8.58. The van der Waals surface area contributed by atoms with Gasteiger partial charge >= 0.3 is 0 Å². The van der Waals surface area contributed by atoms with Crippen molar-refractivity contribution in [3.63, 3.8) is 0 Å². The van der Waals surface area contributed by atoms with Crippen LogP contribution in [0.4, 0.5) is 5.69 Å². The summed E-state index contributed by atoms with van der Waals surface area (Å²) in [5.74, 6) is -0.402. The lowest BCUT2D eigenvalue weighted by molar-refractivity contribution is 0.0955. The average Bonchev–Trinajstić information content (AvgIpc) is 3.09. The zero-order valence-electron chi connectivity index (χ0n) is 13.5. The molecule has 130 valence electrons. The molecule has 0 fully saturated rings. The fourth-order valence-corrected chi connectivity index (χ4v) is 2.68. The Labute approximate surface area is 152 Å². The average molecular weight is 368 g/mol. The van der Waals surface area contributed by atoms with Crippen LogP contribution < -0.4 is 16.0 Å². The molecule has 2 amide bonds. The van der Waals surface area contributed by atoms with Crippen LogP contribution >= 0.6 is 23.7 Å². The van der Waals surface area contributed by atoms with Gasteiger partial charge in [0.2, 0.25) is 0 Å². The second kappa shape index (κ2) is 10.8. The molecule has 0 spiro atoms. The van der Waals surface area contributed by atoms with E-state index in [1.54, 1.807) is 35.7 Å². The van der Waals surface area contributed by atoms with E-state index in [0.717, 1.165) is 19.5 Å². The fourth-order valence-electron chi connectivity index (χ4n) is 2.04. The van der Waals surface area contributed by atoms with Gasteiger partial charge in [-0.25, -0.2) is 0 Å². The zero-order valence-corrected chi connectivity index (χ0v) is 15.1. The molecule has 7 heteroatoms. The number of thiophene rings is 1. The third kappa shape index (κ3) is 5.96. The molecule has 0 bridgehead atoms. The number of anilines is 1. The summed E-state index contributed by atoms with van der Waals surface area (Å²) in [7, 11) is 0. The third-order valence-electron chi connectivity index (χ3n) is 3.22. The Morgan fingerprint density at radius 2 is 1.83 bits per heavy atom. The molecule has 0 saturated heterocycles. The van der Waals surface area contributed by atoms with E-state index in [0.29, 0.717) is 23.4 Å². The highest BCUT2D eigenvalue weighted by Crippen LogP contribution is 2.17. The van der Waals surface area contributed by atoms with Crippen LogP contribution in [0.15, 0.2) is 41.1 Å². The SMILES string of the molecule is CCCNCCNC(=O)c1ccccc1NC(=O)c1ccsc1.Cl. The predicted octanol–water partition coefficient (Wildman–Crippen LogP) is 3.15. The van der Waals surface area contributed by atoms with Gasteiger partial charge < -0.3 is 16.0 Å². The van der Waals surface area contributed by atoms with E-state index in [1.807, 2.05) is 5.38 Å². The summed E-state index contributed by atoms with van der Waals surface area (Å²) >= 11 is 1.46. The van der Waals surface area contributed by atoms with Crippen LogP contribution in [-0.2, 0) is 0 Å². The number of amides is 2. The van der Waals surface area contributed by atoms with Crippen molar-refractivity contribution in [2.24, 2.45) is 0 Å². The van der Waals surface area contributed by atoms with Gasteiger partial charge in [0, 0.05) is 18.5 Å². The number of para-hydroxylation sites is 1. The molecule has 0 aliphatic rings. The molecule has 2 rings (SSSR count). The lowest BCUT2D eigenvalue weighted by Gasteiger charge is -2.11. The highest BCUT2D eigenvalue weighted by molar-refractivity contribution is 7.08.